The number of rotatable bonds is 7. The van der Waals surface area contributed by atoms with E-state index in [2.05, 4.69) is 66.6 Å². The van der Waals surface area contributed by atoms with E-state index in [1.54, 1.807) is 6.20 Å². The summed E-state index contributed by atoms with van der Waals surface area (Å²) in [4.78, 5) is 16.2. The quantitative estimate of drug-likeness (QED) is 0.707. The van der Waals surface area contributed by atoms with Crippen LogP contribution in [0.2, 0.25) is 0 Å². The summed E-state index contributed by atoms with van der Waals surface area (Å²) in [5, 5.41) is 3.01. The predicted molar refractivity (Wildman–Crippen MR) is 104 cm³/mol. The zero-order valence-electron chi connectivity index (χ0n) is 15.4. The molecule has 3 aromatic rings. The molecule has 134 valence electrons. The summed E-state index contributed by atoms with van der Waals surface area (Å²) in [6.45, 7) is 5.56. The SMILES string of the molecule is Cc1ccc(CCC(=O)NCc2ccc(Cn3ccnc3)cc2)c(C)c1. The molecule has 0 aliphatic heterocycles. The van der Waals surface area contributed by atoms with E-state index in [-0.39, 0.29) is 5.91 Å². The molecule has 2 aromatic carbocycles. The van der Waals surface area contributed by atoms with Gasteiger partial charge in [0.05, 0.1) is 6.33 Å². The van der Waals surface area contributed by atoms with Gasteiger partial charge in [0.25, 0.3) is 0 Å². The first-order chi connectivity index (χ1) is 12.6. The minimum atomic E-state index is 0.0902. The van der Waals surface area contributed by atoms with Crippen molar-refractivity contribution in [1.82, 2.24) is 14.9 Å². The van der Waals surface area contributed by atoms with Crippen LogP contribution >= 0.6 is 0 Å². The van der Waals surface area contributed by atoms with Crippen LogP contribution in [0.15, 0.2) is 61.2 Å². The van der Waals surface area contributed by atoms with Gasteiger partial charge in [0.15, 0.2) is 0 Å². The van der Waals surface area contributed by atoms with Crippen LogP contribution in [0, 0.1) is 13.8 Å². The van der Waals surface area contributed by atoms with Crippen LogP contribution in [0.5, 0.6) is 0 Å². The van der Waals surface area contributed by atoms with Crippen molar-refractivity contribution >= 4 is 5.91 Å². The second-order valence-electron chi connectivity index (χ2n) is 6.76. The lowest BCUT2D eigenvalue weighted by Crippen LogP contribution is -2.23. The maximum atomic E-state index is 12.1. The third kappa shape index (κ3) is 5.06. The van der Waals surface area contributed by atoms with E-state index in [0.717, 1.165) is 18.5 Å². The Labute approximate surface area is 154 Å². The Bertz CT molecular complexity index is 852. The Morgan fingerprint density at radius 2 is 1.85 bits per heavy atom. The van der Waals surface area contributed by atoms with Gasteiger partial charge in [-0.25, -0.2) is 4.98 Å². The molecule has 4 nitrogen and oxygen atoms in total. The van der Waals surface area contributed by atoms with Gasteiger partial charge in [-0.2, -0.15) is 0 Å². The van der Waals surface area contributed by atoms with E-state index in [0.29, 0.717) is 13.0 Å². The largest absolute Gasteiger partial charge is 0.352 e. The van der Waals surface area contributed by atoms with E-state index >= 15 is 0 Å². The predicted octanol–water partition coefficient (Wildman–Crippen LogP) is 3.80. The van der Waals surface area contributed by atoms with Gasteiger partial charge in [0, 0.05) is 31.9 Å². The molecular formula is C22H25N3O. The fourth-order valence-corrected chi connectivity index (χ4v) is 3.02. The molecule has 0 unspecified atom stereocenters. The summed E-state index contributed by atoms with van der Waals surface area (Å²) in [5.74, 6) is 0.0902. The second kappa shape index (κ2) is 8.48. The van der Waals surface area contributed by atoms with E-state index in [4.69, 9.17) is 0 Å². The monoisotopic (exact) mass is 347 g/mol. The molecule has 0 atom stereocenters. The lowest BCUT2D eigenvalue weighted by molar-refractivity contribution is -0.121. The van der Waals surface area contributed by atoms with E-state index < -0.39 is 0 Å². The molecule has 0 saturated heterocycles. The Morgan fingerprint density at radius 1 is 1.08 bits per heavy atom. The van der Waals surface area contributed by atoms with Crippen molar-refractivity contribution in [3.8, 4) is 0 Å². The van der Waals surface area contributed by atoms with Gasteiger partial charge < -0.3 is 9.88 Å². The number of nitrogens with one attached hydrogen (secondary N) is 1. The smallest absolute Gasteiger partial charge is 0.220 e. The molecule has 0 aliphatic rings. The molecule has 0 spiro atoms. The minimum absolute atomic E-state index is 0.0902. The van der Waals surface area contributed by atoms with Crippen LogP contribution in [-0.4, -0.2) is 15.5 Å². The zero-order chi connectivity index (χ0) is 18.4. The highest BCUT2D eigenvalue weighted by atomic mass is 16.1. The van der Waals surface area contributed by atoms with Crippen molar-refractivity contribution in [2.24, 2.45) is 0 Å². The number of carbonyl (C=O) groups excluding carboxylic acids is 1. The van der Waals surface area contributed by atoms with Crippen molar-refractivity contribution in [2.45, 2.75) is 39.8 Å². The Balaban J connectivity index is 1.45. The summed E-state index contributed by atoms with van der Waals surface area (Å²) in [6.07, 6.45) is 6.83. The Kier molecular flexibility index (Phi) is 5.84. The average Bonchev–Trinajstić information content (AvgIpc) is 3.13. The van der Waals surface area contributed by atoms with Gasteiger partial charge in [-0.05, 0) is 42.5 Å². The molecule has 0 aliphatic carbocycles. The number of benzene rings is 2. The molecule has 0 bridgehead atoms. The van der Waals surface area contributed by atoms with E-state index in [1.165, 1.54) is 22.3 Å². The number of nitrogens with zero attached hydrogens (tertiary/aromatic N) is 2. The summed E-state index contributed by atoms with van der Waals surface area (Å²) in [5.41, 5.74) is 6.08. The minimum Gasteiger partial charge on any atom is -0.352 e. The average molecular weight is 347 g/mol. The number of imidazole rings is 1. The van der Waals surface area contributed by atoms with Gasteiger partial charge >= 0.3 is 0 Å². The third-order valence-corrected chi connectivity index (χ3v) is 4.56. The molecule has 0 saturated carbocycles. The van der Waals surface area contributed by atoms with Crippen LogP contribution in [0.4, 0.5) is 0 Å². The lowest BCUT2D eigenvalue weighted by Gasteiger charge is -2.09. The molecule has 1 amide bonds. The zero-order valence-corrected chi connectivity index (χ0v) is 15.4. The normalized spacial score (nSPS) is 10.7. The maximum Gasteiger partial charge on any atom is 0.220 e. The molecule has 0 radical (unpaired) electrons. The lowest BCUT2D eigenvalue weighted by atomic mass is 10.0. The first kappa shape index (κ1) is 17.9. The third-order valence-electron chi connectivity index (χ3n) is 4.56. The highest BCUT2D eigenvalue weighted by molar-refractivity contribution is 5.76. The molecule has 1 aromatic heterocycles. The van der Waals surface area contributed by atoms with Crippen molar-refractivity contribution in [1.29, 1.82) is 0 Å². The molecule has 26 heavy (non-hydrogen) atoms. The number of hydrogen-bond acceptors (Lipinski definition) is 2. The molecular weight excluding hydrogens is 322 g/mol. The van der Waals surface area contributed by atoms with Crippen LogP contribution in [0.25, 0.3) is 0 Å². The number of hydrogen-bond donors (Lipinski definition) is 1. The molecule has 1 N–H and O–H groups in total. The van der Waals surface area contributed by atoms with Gasteiger partial charge in [0.2, 0.25) is 5.91 Å². The van der Waals surface area contributed by atoms with E-state index in [9.17, 15) is 4.79 Å². The molecule has 1 heterocycles. The fourth-order valence-electron chi connectivity index (χ4n) is 3.02. The van der Waals surface area contributed by atoms with Gasteiger partial charge in [-0.15, -0.1) is 0 Å². The Morgan fingerprint density at radius 3 is 2.54 bits per heavy atom. The molecule has 3 rings (SSSR count). The van der Waals surface area contributed by atoms with Crippen molar-refractivity contribution in [3.63, 3.8) is 0 Å². The standard InChI is InChI=1S/C22H25N3O/c1-17-3-8-21(18(2)13-17)9-10-22(26)24-14-19-4-6-20(7-5-19)15-25-12-11-23-16-25/h3-8,11-13,16H,9-10,14-15H2,1-2H3,(H,24,26). The van der Waals surface area contributed by atoms with Crippen molar-refractivity contribution in [3.05, 3.63) is 89.0 Å². The Hall–Kier alpha value is -2.88. The van der Waals surface area contributed by atoms with Gasteiger partial charge in [-0.3, -0.25) is 4.79 Å². The number of aryl methyl sites for hydroxylation is 3. The summed E-state index contributed by atoms with van der Waals surface area (Å²) in [7, 11) is 0. The van der Waals surface area contributed by atoms with Crippen molar-refractivity contribution in [2.75, 3.05) is 0 Å². The molecule has 0 fully saturated rings. The fraction of sp³-hybridized carbons (Fsp3) is 0.273. The van der Waals surface area contributed by atoms with Crippen LogP contribution in [0.1, 0.15) is 34.2 Å². The first-order valence-corrected chi connectivity index (χ1v) is 8.96. The maximum absolute atomic E-state index is 12.1. The number of carbonyl (C=O) groups is 1. The summed E-state index contributed by atoms with van der Waals surface area (Å²) < 4.78 is 2.03. The van der Waals surface area contributed by atoms with Gasteiger partial charge in [0.1, 0.15) is 0 Å². The van der Waals surface area contributed by atoms with E-state index in [1.807, 2.05) is 17.1 Å². The second-order valence-corrected chi connectivity index (χ2v) is 6.76. The highest BCUT2D eigenvalue weighted by Gasteiger charge is 2.05. The highest BCUT2D eigenvalue weighted by Crippen LogP contribution is 2.12. The van der Waals surface area contributed by atoms with Crippen molar-refractivity contribution < 1.29 is 4.79 Å². The van der Waals surface area contributed by atoms with Gasteiger partial charge in [-0.1, -0.05) is 48.0 Å². The topological polar surface area (TPSA) is 46.9 Å². The van der Waals surface area contributed by atoms with Crippen LogP contribution < -0.4 is 5.32 Å². The summed E-state index contributed by atoms with van der Waals surface area (Å²) >= 11 is 0. The van der Waals surface area contributed by atoms with Crippen LogP contribution in [0.3, 0.4) is 0 Å². The summed E-state index contributed by atoms with van der Waals surface area (Å²) in [6, 6.07) is 14.7. The van der Waals surface area contributed by atoms with Crippen LogP contribution in [-0.2, 0) is 24.3 Å². The molecule has 4 heteroatoms. The number of aromatic nitrogens is 2. The number of amides is 1. The first-order valence-electron chi connectivity index (χ1n) is 8.96.